The minimum absolute atomic E-state index is 0.0530. The van der Waals surface area contributed by atoms with Crippen LogP contribution >= 0.6 is 0 Å². The molecule has 18 heavy (non-hydrogen) atoms. The molecule has 1 aromatic heterocycles. The molecule has 0 atom stereocenters. The average Bonchev–Trinajstić information content (AvgIpc) is 2.62. The molecule has 0 fully saturated rings. The first-order valence-corrected chi connectivity index (χ1v) is 5.58. The molecule has 0 radical (unpaired) electrons. The fourth-order valence-electron chi connectivity index (χ4n) is 1.18. The maximum Gasteiger partial charge on any atom is 0.412 e. The summed E-state index contributed by atoms with van der Waals surface area (Å²) < 4.78 is 14.8. The van der Waals surface area contributed by atoms with Gasteiger partial charge in [-0.25, -0.2) is 9.59 Å². The van der Waals surface area contributed by atoms with Crippen molar-refractivity contribution in [1.82, 2.24) is 0 Å². The van der Waals surface area contributed by atoms with Gasteiger partial charge in [-0.3, -0.25) is 5.32 Å². The standard InChI is InChI=1S/C12H17NO5/c1-5-16-10(14)9-8(6-7-17-9)13-11(15)18-12(2,3)4/h6-7H,5H2,1-4H3,(H,13,15). The van der Waals surface area contributed by atoms with Crippen LogP contribution in [0.15, 0.2) is 16.7 Å². The lowest BCUT2D eigenvalue weighted by atomic mass is 10.2. The zero-order valence-electron chi connectivity index (χ0n) is 10.9. The smallest absolute Gasteiger partial charge is 0.412 e. The number of nitrogens with one attached hydrogen (secondary N) is 1. The van der Waals surface area contributed by atoms with Crippen molar-refractivity contribution in [2.75, 3.05) is 11.9 Å². The highest BCUT2D eigenvalue weighted by Crippen LogP contribution is 2.19. The number of hydrogen-bond acceptors (Lipinski definition) is 5. The van der Waals surface area contributed by atoms with Gasteiger partial charge in [0.25, 0.3) is 0 Å². The molecule has 1 N–H and O–H groups in total. The Balaban J connectivity index is 2.71. The minimum atomic E-state index is -0.658. The number of carbonyl (C=O) groups excluding carboxylic acids is 2. The van der Waals surface area contributed by atoms with Crippen molar-refractivity contribution in [3.63, 3.8) is 0 Å². The van der Waals surface area contributed by atoms with Gasteiger partial charge in [-0.05, 0) is 27.7 Å². The van der Waals surface area contributed by atoms with E-state index in [9.17, 15) is 9.59 Å². The Labute approximate surface area is 105 Å². The van der Waals surface area contributed by atoms with Crippen molar-refractivity contribution in [3.05, 3.63) is 18.1 Å². The first-order chi connectivity index (χ1) is 8.33. The predicted molar refractivity (Wildman–Crippen MR) is 64.5 cm³/mol. The maximum absolute atomic E-state index is 11.5. The summed E-state index contributed by atoms with van der Waals surface area (Å²) in [5.74, 6) is -0.684. The third-order valence-corrected chi connectivity index (χ3v) is 1.76. The van der Waals surface area contributed by atoms with Gasteiger partial charge in [-0.15, -0.1) is 0 Å². The van der Waals surface area contributed by atoms with E-state index in [-0.39, 0.29) is 18.1 Å². The third kappa shape index (κ3) is 4.12. The second-order valence-electron chi connectivity index (χ2n) is 4.51. The van der Waals surface area contributed by atoms with Crippen molar-refractivity contribution in [3.8, 4) is 0 Å². The number of amides is 1. The molecule has 0 aliphatic rings. The normalized spacial score (nSPS) is 10.9. The van der Waals surface area contributed by atoms with Gasteiger partial charge in [0.1, 0.15) is 5.60 Å². The summed E-state index contributed by atoms with van der Waals surface area (Å²) in [5, 5.41) is 2.43. The van der Waals surface area contributed by atoms with Gasteiger partial charge in [0.05, 0.1) is 18.6 Å². The van der Waals surface area contributed by atoms with Gasteiger partial charge in [-0.1, -0.05) is 0 Å². The molecule has 1 amide bonds. The summed E-state index contributed by atoms with van der Waals surface area (Å²) in [6.45, 7) is 7.14. The quantitative estimate of drug-likeness (QED) is 0.840. The monoisotopic (exact) mass is 255 g/mol. The Bertz CT molecular complexity index is 430. The van der Waals surface area contributed by atoms with E-state index in [0.29, 0.717) is 0 Å². The van der Waals surface area contributed by atoms with Crippen molar-refractivity contribution in [2.45, 2.75) is 33.3 Å². The van der Waals surface area contributed by atoms with Crippen molar-refractivity contribution < 1.29 is 23.5 Å². The number of furan rings is 1. The summed E-state index contributed by atoms with van der Waals surface area (Å²) in [6, 6.07) is 1.45. The molecule has 1 aromatic rings. The van der Waals surface area contributed by atoms with Crippen molar-refractivity contribution >= 4 is 17.7 Å². The summed E-state index contributed by atoms with van der Waals surface area (Å²) in [6.07, 6.45) is 0.633. The Kier molecular flexibility index (Phi) is 4.36. The maximum atomic E-state index is 11.5. The Morgan fingerprint density at radius 3 is 2.61 bits per heavy atom. The highest BCUT2D eigenvalue weighted by Gasteiger charge is 2.21. The fourth-order valence-corrected chi connectivity index (χ4v) is 1.18. The molecule has 0 saturated carbocycles. The molecule has 6 nitrogen and oxygen atoms in total. The van der Waals surface area contributed by atoms with E-state index in [1.807, 2.05) is 0 Å². The van der Waals surface area contributed by atoms with Crippen LogP contribution in [-0.2, 0) is 9.47 Å². The third-order valence-electron chi connectivity index (χ3n) is 1.76. The van der Waals surface area contributed by atoms with E-state index < -0.39 is 17.7 Å². The molecule has 100 valence electrons. The number of rotatable bonds is 3. The number of ether oxygens (including phenoxy) is 2. The number of hydrogen-bond donors (Lipinski definition) is 1. The molecule has 0 aliphatic heterocycles. The molecule has 0 aliphatic carbocycles. The minimum Gasteiger partial charge on any atom is -0.460 e. The van der Waals surface area contributed by atoms with Crippen molar-refractivity contribution in [2.24, 2.45) is 0 Å². The Morgan fingerprint density at radius 1 is 1.39 bits per heavy atom. The zero-order valence-corrected chi connectivity index (χ0v) is 10.9. The second-order valence-corrected chi connectivity index (χ2v) is 4.51. The van der Waals surface area contributed by atoms with E-state index in [0.717, 1.165) is 0 Å². The molecule has 6 heteroatoms. The summed E-state index contributed by atoms with van der Waals surface area (Å²) in [7, 11) is 0. The lowest BCUT2D eigenvalue weighted by Gasteiger charge is -2.19. The molecule has 0 unspecified atom stereocenters. The number of esters is 1. The van der Waals surface area contributed by atoms with E-state index >= 15 is 0 Å². The van der Waals surface area contributed by atoms with E-state index in [2.05, 4.69) is 5.32 Å². The summed E-state index contributed by atoms with van der Waals surface area (Å²) in [4.78, 5) is 23.0. The molecular formula is C12H17NO5. The average molecular weight is 255 g/mol. The number of anilines is 1. The van der Waals surface area contributed by atoms with Crippen LogP contribution in [0.3, 0.4) is 0 Å². The molecule has 0 saturated heterocycles. The van der Waals surface area contributed by atoms with Gasteiger partial charge < -0.3 is 13.9 Å². The van der Waals surface area contributed by atoms with Crippen LogP contribution in [0.1, 0.15) is 38.2 Å². The van der Waals surface area contributed by atoms with Crippen LogP contribution in [-0.4, -0.2) is 24.3 Å². The van der Waals surface area contributed by atoms with Gasteiger partial charge in [-0.2, -0.15) is 0 Å². The van der Waals surface area contributed by atoms with E-state index in [1.54, 1.807) is 27.7 Å². The highest BCUT2D eigenvalue weighted by molar-refractivity contribution is 5.97. The Hall–Kier alpha value is -1.98. The van der Waals surface area contributed by atoms with Crippen LogP contribution in [0.2, 0.25) is 0 Å². The molecule has 1 heterocycles. The largest absolute Gasteiger partial charge is 0.460 e. The molecule has 1 rings (SSSR count). The Morgan fingerprint density at radius 2 is 2.06 bits per heavy atom. The SMILES string of the molecule is CCOC(=O)c1occc1NC(=O)OC(C)(C)C. The van der Waals surface area contributed by atoms with E-state index in [4.69, 9.17) is 13.9 Å². The lowest BCUT2D eigenvalue weighted by molar-refractivity contribution is 0.0491. The summed E-state index contributed by atoms with van der Waals surface area (Å²) >= 11 is 0. The zero-order chi connectivity index (χ0) is 13.8. The van der Waals surface area contributed by atoms with Gasteiger partial charge in [0, 0.05) is 6.07 Å². The fraction of sp³-hybridized carbons (Fsp3) is 0.500. The van der Waals surface area contributed by atoms with E-state index in [1.165, 1.54) is 12.3 Å². The topological polar surface area (TPSA) is 77.8 Å². The predicted octanol–water partition coefficient (Wildman–Crippen LogP) is 2.80. The van der Waals surface area contributed by atoms with Crippen LogP contribution in [0.4, 0.5) is 10.5 Å². The molecular weight excluding hydrogens is 238 g/mol. The molecule has 0 aromatic carbocycles. The van der Waals surface area contributed by atoms with Crippen molar-refractivity contribution in [1.29, 1.82) is 0 Å². The van der Waals surface area contributed by atoms with Crippen LogP contribution < -0.4 is 5.32 Å². The van der Waals surface area contributed by atoms with Crippen LogP contribution in [0, 0.1) is 0 Å². The summed E-state index contributed by atoms with van der Waals surface area (Å²) in [5.41, 5.74) is -0.388. The highest BCUT2D eigenvalue weighted by atomic mass is 16.6. The van der Waals surface area contributed by atoms with Crippen LogP contribution in [0.25, 0.3) is 0 Å². The first kappa shape index (κ1) is 14.1. The second kappa shape index (κ2) is 5.57. The van der Waals surface area contributed by atoms with Gasteiger partial charge in [0.2, 0.25) is 5.76 Å². The first-order valence-electron chi connectivity index (χ1n) is 5.58. The lowest BCUT2D eigenvalue weighted by Crippen LogP contribution is -2.27. The van der Waals surface area contributed by atoms with Gasteiger partial charge in [0.15, 0.2) is 0 Å². The molecule has 0 spiro atoms. The van der Waals surface area contributed by atoms with Gasteiger partial charge >= 0.3 is 12.1 Å². The number of carbonyl (C=O) groups is 2. The van der Waals surface area contributed by atoms with Crippen LogP contribution in [0.5, 0.6) is 0 Å². The molecule has 0 bridgehead atoms.